The fraction of sp³-hybridized carbons (Fsp3) is 0.538. The highest BCUT2D eigenvalue weighted by Gasteiger charge is 2.26. The number of carboxylic acids is 1. The number of amides is 1. The second kappa shape index (κ2) is 6.00. The quantitative estimate of drug-likeness (QED) is 0.907. The number of hydrogen-bond donors (Lipinski definition) is 1. The highest BCUT2D eigenvalue weighted by molar-refractivity contribution is 7.07. The van der Waals surface area contributed by atoms with Crippen molar-refractivity contribution in [1.29, 1.82) is 0 Å². The summed E-state index contributed by atoms with van der Waals surface area (Å²) in [6, 6.07) is 2.04. The molecule has 1 aliphatic rings. The second-order valence-corrected chi connectivity index (χ2v) is 5.40. The molecule has 1 N–H and O–H groups in total. The molecule has 18 heavy (non-hydrogen) atoms. The summed E-state index contributed by atoms with van der Waals surface area (Å²) in [6.45, 7) is 1.17. The van der Waals surface area contributed by atoms with Crippen LogP contribution in [0.3, 0.4) is 0 Å². The summed E-state index contributed by atoms with van der Waals surface area (Å²) >= 11 is 1.64. The number of rotatable bonds is 4. The first-order chi connectivity index (χ1) is 8.66. The molecular weight excluding hydrogens is 250 g/mol. The van der Waals surface area contributed by atoms with E-state index in [-0.39, 0.29) is 11.8 Å². The molecule has 2 rings (SSSR count). The van der Waals surface area contributed by atoms with Crippen LogP contribution < -0.4 is 0 Å². The van der Waals surface area contributed by atoms with Gasteiger partial charge in [-0.3, -0.25) is 9.59 Å². The molecule has 0 aromatic carbocycles. The molecule has 0 aliphatic carbocycles. The lowest BCUT2D eigenvalue weighted by molar-refractivity contribution is -0.145. The van der Waals surface area contributed by atoms with E-state index in [1.54, 1.807) is 16.2 Å². The van der Waals surface area contributed by atoms with Crippen LogP contribution in [-0.4, -0.2) is 35.0 Å². The maximum Gasteiger partial charge on any atom is 0.306 e. The van der Waals surface area contributed by atoms with Gasteiger partial charge in [-0.25, -0.2) is 0 Å². The van der Waals surface area contributed by atoms with Gasteiger partial charge in [0.25, 0.3) is 0 Å². The van der Waals surface area contributed by atoms with Crippen molar-refractivity contribution >= 4 is 23.2 Å². The minimum absolute atomic E-state index is 0.144. The zero-order valence-corrected chi connectivity index (χ0v) is 11.0. The van der Waals surface area contributed by atoms with Gasteiger partial charge in [-0.15, -0.1) is 0 Å². The largest absolute Gasteiger partial charge is 0.481 e. The third-order valence-corrected chi connectivity index (χ3v) is 4.14. The van der Waals surface area contributed by atoms with Crippen LogP contribution in [0, 0.1) is 5.92 Å². The molecule has 1 aliphatic heterocycles. The molecule has 4 nitrogen and oxygen atoms in total. The topological polar surface area (TPSA) is 57.6 Å². The zero-order valence-electron chi connectivity index (χ0n) is 10.2. The summed E-state index contributed by atoms with van der Waals surface area (Å²) in [5, 5.41) is 13.0. The van der Waals surface area contributed by atoms with E-state index in [0.717, 1.165) is 6.42 Å². The van der Waals surface area contributed by atoms with Gasteiger partial charge in [-0.05, 0) is 41.7 Å². The molecule has 1 amide bonds. The van der Waals surface area contributed by atoms with Gasteiger partial charge >= 0.3 is 5.97 Å². The molecule has 0 atom stereocenters. The lowest BCUT2D eigenvalue weighted by Gasteiger charge is -2.30. The minimum Gasteiger partial charge on any atom is -0.481 e. The second-order valence-electron chi connectivity index (χ2n) is 4.62. The molecule has 0 bridgehead atoms. The Balaban J connectivity index is 1.75. The number of hydrogen-bond acceptors (Lipinski definition) is 3. The van der Waals surface area contributed by atoms with E-state index >= 15 is 0 Å². The van der Waals surface area contributed by atoms with E-state index in [1.165, 1.54) is 5.56 Å². The summed E-state index contributed by atoms with van der Waals surface area (Å²) in [4.78, 5) is 24.6. The van der Waals surface area contributed by atoms with E-state index in [2.05, 4.69) is 5.38 Å². The molecular formula is C13H17NO3S. The number of aliphatic carboxylic acids is 1. The third-order valence-electron chi connectivity index (χ3n) is 3.40. The summed E-state index contributed by atoms with van der Waals surface area (Å²) in [7, 11) is 0. The van der Waals surface area contributed by atoms with Crippen LogP contribution in [0.15, 0.2) is 16.8 Å². The van der Waals surface area contributed by atoms with Crippen molar-refractivity contribution in [2.24, 2.45) is 5.92 Å². The van der Waals surface area contributed by atoms with Crippen molar-refractivity contribution in [2.75, 3.05) is 13.1 Å². The molecule has 1 fully saturated rings. The Morgan fingerprint density at radius 3 is 2.67 bits per heavy atom. The number of nitrogens with zero attached hydrogens (tertiary/aromatic N) is 1. The molecule has 2 heterocycles. The molecule has 1 aromatic heterocycles. The highest BCUT2D eigenvalue weighted by Crippen LogP contribution is 2.18. The average Bonchev–Trinajstić information content (AvgIpc) is 2.89. The monoisotopic (exact) mass is 267 g/mol. The van der Waals surface area contributed by atoms with E-state index in [4.69, 9.17) is 5.11 Å². The van der Waals surface area contributed by atoms with Crippen molar-refractivity contribution < 1.29 is 14.7 Å². The van der Waals surface area contributed by atoms with Crippen molar-refractivity contribution in [3.63, 3.8) is 0 Å². The summed E-state index contributed by atoms with van der Waals surface area (Å²) < 4.78 is 0. The van der Waals surface area contributed by atoms with Crippen molar-refractivity contribution in [3.8, 4) is 0 Å². The number of carbonyl (C=O) groups is 2. The maximum absolute atomic E-state index is 12.0. The van der Waals surface area contributed by atoms with Gasteiger partial charge < -0.3 is 10.0 Å². The number of thiophene rings is 1. The number of likely N-dealkylation sites (tertiary alicyclic amines) is 1. The van der Waals surface area contributed by atoms with Crippen LogP contribution in [0.5, 0.6) is 0 Å². The van der Waals surface area contributed by atoms with Crippen LogP contribution in [0.1, 0.15) is 24.8 Å². The van der Waals surface area contributed by atoms with Gasteiger partial charge in [0.05, 0.1) is 5.92 Å². The van der Waals surface area contributed by atoms with Crippen molar-refractivity contribution in [3.05, 3.63) is 22.4 Å². The lowest BCUT2D eigenvalue weighted by Crippen LogP contribution is -2.40. The Bertz CT molecular complexity index is 408. The number of carboxylic acid groups (broad SMARTS) is 1. The molecule has 5 heteroatoms. The highest BCUT2D eigenvalue weighted by atomic mass is 32.1. The van der Waals surface area contributed by atoms with Gasteiger partial charge in [0.2, 0.25) is 5.91 Å². The zero-order chi connectivity index (χ0) is 13.0. The van der Waals surface area contributed by atoms with Crippen LogP contribution in [-0.2, 0) is 16.0 Å². The van der Waals surface area contributed by atoms with E-state index in [0.29, 0.717) is 32.4 Å². The van der Waals surface area contributed by atoms with E-state index < -0.39 is 5.97 Å². The first-order valence-corrected chi connectivity index (χ1v) is 7.13. The van der Waals surface area contributed by atoms with Gasteiger partial charge in [-0.1, -0.05) is 0 Å². The molecule has 0 radical (unpaired) electrons. The summed E-state index contributed by atoms with van der Waals surface area (Å²) in [6.07, 6.45) is 2.47. The molecule has 0 unspecified atom stereocenters. The first kappa shape index (κ1) is 13.1. The number of aryl methyl sites for hydroxylation is 1. The van der Waals surface area contributed by atoms with Crippen LogP contribution in [0.2, 0.25) is 0 Å². The Kier molecular flexibility index (Phi) is 4.36. The Hall–Kier alpha value is -1.36. The standard InChI is InChI=1S/C13H17NO3S/c15-12(2-1-10-5-8-18-9-10)14-6-3-11(4-7-14)13(16)17/h5,8-9,11H,1-4,6-7H2,(H,16,17). The summed E-state index contributed by atoms with van der Waals surface area (Å²) in [5.41, 5.74) is 1.20. The van der Waals surface area contributed by atoms with Crippen LogP contribution >= 0.6 is 11.3 Å². The number of piperidine rings is 1. The average molecular weight is 267 g/mol. The van der Waals surface area contributed by atoms with Crippen molar-refractivity contribution in [1.82, 2.24) is 4.90 Å². The first-order valence-electron chi connectivity index (χ1n) is 6.18. The van der Waals surface area contributed by atoms with Gasteiger partial charge in [0, 0.05) is 19.5 Å². The van der Waals surface area contributed by atoms with Crippen LogP contribution in [0.25, 0.3) is 0 Å². The van der Waals surface area contributed by atoms with Gasteiger partial charge in [0.1, 0.15) is 0 Å². The molecule has 98 valence electrons. The van der Waals surface area contributed by atoms with E-state index in [9.17, 15) is 9.59 Å². The SMILES string of the molecule is O=C(O)C1CCN(C(=O)CCc2ccsc2)CC1. The predicted octanol–water partition coefficient (Wildman–Crippen LogP) is 2.00. The predicted molar refractivity (Wildman–Crippen MR) is 69.6 cm³/mol. The molecule has 0 saturated carbocycles. The molecule has 1 saturated heterocycles. The van der Waals surface area contributed by atoms with Gasteiger partial charge in [-0.2, -0.15) is 11.3 Å². The smallest absolute Gasteiger partial charge is 0.306 e. The van der Waals surface area contributed by atoms with E-state index in [1.807, 2.05) is 11.4 Å². The molecule has 0 spiro atoms. The lowest BCUT2D eigenvalue weighted by atomic mass is 9.97. The molecule has 1 aromatic rings. The number of carbonyl (C=O) groups excluding carboxylic acids is 1. The third kappa shape index (κ3) is 3.32. The Morgan fingerprint density at radius 1 is 1.39 bits per heavy atom. The van der Waals surface area contributed by atoms with Gasteiger partial charge in [0.15, 0.2) is 0 Å². The Labute approximate surface area is 110 Å². The van der Waals surface area contributed by atoms with Crippen molar-refractivity contribution in [2.45, 2.75) is 25.7 Å². The fourth-order valence-corrected chi connectivity index (χ4v) is 2.92. The summed E-state index contributed by atoms with van der Waals surface area (Å²) in [5.74, 6) is -0.865. The Morgan fingerprint density at radius 2 is 2.11 bits per heavy atom. The normalized spacial score (nSPS) is 16.8. The maximum atomic E-state index is 12.0. The fourth-order valence-electron chi connectivity index (χ4n) is 2.22. The van der Waals surface area contributed by atoms with Crippen LogP contribution in [0.4, 0.5) is 0 Å². The minimum atomic E-state index is -0.736.